The number of carbonyl (C=O) groups is 2. The Morgan fingerprint density at radius 3 is 2.48 bits per heavy atom. The molecule has 3 atom stereocenters. The minimum atomic E-state index is -0.523. The molecule has 5 nitrogen and oxygen atoms in total. The zero-order valence-corrected chi connectivity index (χ0v) is 16.1. The van der Waals surface area contributed by atoms with Gasteiger partial charge in [0.1, 0.15) is 0 Å². The Morgan fingerprint density at radius 2 is 1.92 bits per heavy atom. The smallest absolute Gasteiger partial charge is 0.254 e. The van der Waals surface area contributed by atoms with Gasteiger partial charge in [0.05, 0.1) is 6.04 Å². The molecule has 0 spiro atoms. The van der Waals surface area contributed by atoms with Gasteiger partial charge in [-0.25, -0.2) is 0 Å². The number of nitrogens with one attached hydrogen (secondary N) is 1. The average Bonchev–Trinajstić information content (AvgIpc) is 2.60. The third kappa shape index (κ3) is 5.44. The first-order chi connectivity index (χ1) is 11.4. The summed E-state index contributed by atoms with van der Waals surface area (Å²) in [7, 11) is 0. The largest absolute Gasteiger partial charge is 0.336 e. The van der Waals surface area contributed by atoms with Gasteiger partial charge in [-0.05, 0) is 56.4 Å². The molecule has 0 bridgehead atoms. The van der Waals surface area contributed by atoms with Crippen molar-refractivity contribution in [2.45, 2.75) is 58.5 Å². The van der Waals surface area contributed by atoms with Gasteiger partial charge in [-0.15, -0.1) is 12.4 Å². The fraction of sp³-hybridized carbons (Fsp3) is 0.579. The minimum Gasteiger partial charge on any atom is -0.336 e. The Balaban J connectivity index is 0.00000312. The molecule has 3 N–H and O–H groups in total. The summed E-state index contributed by atoms with van der Waals surface area (Å²) in [4.78, 5) is 26.6. The summed E-state index contributed by atoms with van der Waals surface area (Å²) in [6.45, 7) is 6.90. The molecule has 1 aliphatic rings. The third-order valence-electron chi connectivity index (χ3n) is 5.02. The van der Waals surface area contributed by atoms with Crippen LogP contribution in [-0.4, -0.2) is 35.3 Å². The quantitative estimate of drug-likeness (QED) is 0.837. The van der Waals surface area contributed by atoms with Crippen LogP contribution in [0.1, 0.15) is 56.8 Å². The number of likely N-dealkylation sites (tertiary alicyclic amines) is 1. The maximum atomic E-state index is 12.6. The van der Waals surface area contributed by atoms with Crippen LogP contribution in [0.2, 0.25) is 0 Å². The van der Waals surface area contributed by atoms with Gasteiger partial charge in [-0.1, -0.05) is 20.3 Å². The summed E-state index contributed by atoms with van der Waals surface area (Å²) in [5.74, 6) is 0.0101. The highest BCUT2D eigenvalue weighted by Crippen LogP contribution is 2.20. The van der Waals surface area contributed by atoms with Crippen LogP contribution in [0, 0.1) is 5.92 Å². The van der Waals surface area contributed by atoms with Gasteiger partial charge < -0.3 is 16.0 Å². The topological polar surface area (TPSA) is 75.4 Å². The summed E-state index contributed by atoms with van der Waals surface area (Å²) in [5, 5.41) is 2.82. The summed E-state index contributed by atoms with van der Waals surface area (Å²) in [6.07, 6.45) is 4.17. The van der Waals surface area contributed by atoms with E-state index in [1.807, 2.05) is 18.7 Å². The van der Waals surface area contributed by atoms with Crippen LogP contribution in [0.5, 0.6) is 0 Å². The van der Waals surface area contributed by atoms with E-state index in [0.29, 0.717) is 17.3 Å². The van der Waals surface area contributed by atoms with Crippen LogP contribution in [0.15, 0.2) is 24.3 Å². The van der Waals surface area contributed by atoms with Crippen molar-refractivity contribution in [1.82, 2.24) is 4.90 Å². The maximum absolute atomic E-state index is 12.6. The molecule has 25 heavy (non-hydrogen) atoms. The van der Waals surface area contributed by atoms with Crippen LogP contribution in [-0.2, 0) is 4.79 Å². The second-order valence-electron chi connectivity index (χ2n) is 6.82. The van der Waals surface area contributed by atoms with Crippen LogP contribution >= 0.6 is 12.4 Å². The molecule has 1 aromatic rings. The average molecular weight is 368 g/mol. The molecule has 1 fully saturated rings. The van der Waals surface area contributed by atoms with Crippen molar-refractivity contribution in [2.75, 3.05) is 11.9 Å². The normalized spacial score (nSPS) is 19.5. The van der Waals surface area contributed by atoms with Crippen molar-refractivity contribution in [3.8, 4) is 0 Å². The van der Waals surface area contributed by atoms with Crippen molar-refractivity contribution < 1.29 is 9.59 Å². The second-order valence-corrected chi connectivity index (χ2v) is 6.82. The van der Waals surface area contributed by atoms with E-state index in [0.717, 1.165) is 25.8 Å². The number of benzene rings is 1. The Hall–Kier alpha value is -1.59. The molecule has 1 saturated heterocycles. The van der Waals surface area contributed by atoms with E-state index in [1.165, 1.54) is 6.42 Å². The fourth-order valence-corrected chi connectivity index (χ4v) is 3.00. The molecule has 1 heterocycles. The maximum Gasteiger partial charge on any atom is 0.254 e. The van der Waals surface area contributed by atoms with E-state index in [4.69, 9.17) is 5.73 Å². The Kier molecular flexibility index (Phi) is 8.39. The molecular weight excluding hydrogens is 338 g/mol. The molecular formula is C19H30ClN3O2. The summed E-state index contributed by atoms with van der Waals surface area (Å²) in [6, 6.07) is 6.85. The number of hydrogen-bond acceptors (Lipinski definition) is 3. The lowest BCUT2D eigenvalue weighted by molar-refractivity contribution is -0.118. The van der Waals surface area contributed by atoms with E-state index in [-0.39, 0.29) is 30.1 Å². The van der Waals surface area contributed by atoms with Crippen molar-refractivity contribution >= 4 is 29.9 Å². The Bertz CT molecular complexity index is 577. The fourth-order valence-electron chi connectivity index (χ4n) is 3.00. The number of nitrogens with zero attached hydrogens (tertiary/aromatic N) is 1. The van der Waals surface area contributed by atoms with Gasteiger partial charge in [0.15, 0.2) is 0 Å². The first kappa shape index (κ1) is 21.5. The van der Waals surface area contributed by atoms with Crippen molar-refractivity contribution in [3.05, 3.63) is 29.8 Å². The number of rotatable bonds is 5. The number of anilines is 1. The van der Waals surface area contributed by atoms with Gasteiger partial charge in [0.25, 0.3) is 5.91 Å². The molecule has 140 valence electrons. The van der Waals surface area contributed by atoms with E-state index in [1.54, 1.807) is 24.3 Å². The van der Waals surface area contributed by atoms with Gasteiger partial charge >= 0.3 is 0 Å². The molecule has 0 saturated carbocycles. The summed E-state index contributed by atoms with van der Waals surface area (Å²) in [5.41, 5.74) is 7.27. The molecule has 2 rings (SSSR count). The first-order valence-electron chi connectivity index (χ1n) is 8.91. The van der Waals surface area contributed by atoms with Gasteiger partial charge in [0, 0.05) is 23.8 Å². The zero-order chi connectivity index (χ0) is 17.7. The number of amides is 2. The molecule has 1 aliphatic heterocycles. The number of piperidine rings is 1. The van der Waals surface area contributed by atoms with Crippen LogP contribution in [0.25, 0.3) is 0 Å². The molecule has 6 heteroatoms. The van der Waals surface area contributed by atoms with Crippen molar-refractivity contribution in [2.24, 2.45) is 11.7 Å². The van der Waals surface area contributed by atoms with E-state index in [9.17, 15) is 9.59 Å². The number of carbonyl (C=O) groups excluding carboxylic acids is 2. The first-order valence-corrected chi connectivity index (χ1v) is 8.91. The monoisotopic (exact) mass is 367 g/mol. The predicted molar refractivity (Wildman–Crippen MR) is 104 cm³/mol. The highest BCUT2D eigenvalue weighted by Gasteiger charge is 2.24. The summed E-state index contributed by atoms with van der Waals surface area (Å²) >= 11 is 0. The Labute approximate surface area is 156 Å². The number of nitrogens with two attached hydrogens (primary N) is 1. The predicted octanol–water partition coefficient (Wildman–Crippen LogP) is 3.43. The second kappa shape index (κ2) is 9.78. The van der Waals surface area contributed by atoms with Crippen molar-refractivity contribution in [3.63, 3.8) is 0 Å². The SMILES string of the molecule is CCC(C)C(N)C(=O)Nc1ccc(C(=O)N2CCCCC2C)cc1.Cl. The molecule has 0 radical (unpaired) electrons. The van der Waals surface area contributed by atoms with Crippen molar-refractivity contribution in [1.29, 1.82) is 0 Å². The molecule has 0 aliphatic carbocycles. The van der Waals surface area contributed by atoms with Gasteiger partial charge in [0.2, 0.25) is 5.91 Å². The van der Waals surface area contributed by atoms with Gasteiger partial charge in [-0.3, -0.25) is 9.59 Å². The molecule has 2 amide bonds. The highest BCUT2D eigenvalue weighted by atomic mass is 35.5. The third-order valence-corrected chi connectivity index (χ3v) is 5.02. The number of hydrogen-bond donors (Lipinski definition) is 2. The van der Waals surface area contributed by atoms with Gasteiger partial charge in [-0.2, -0.15) is 0 Å². The minimum absolute atomic E-state index is 0. The van der Waals surface area contributed by atoms with Crippen LogP contribution < -0.4 is 11.1 Å². The highest BCUT2D eigenvalue weighted by molar-refractivity contribution is 5.97. The van der Waals surface area contributed by atoms with E-state index in [2.05, 4.69) is 12.2 Å². The number of halogens is 1. The lowest BCUT2D eigenvalue weighted by Gasteiger charge is -2.33. The molecule has 1 aromatic carbocycles. The lowest BCUT2D eigenvalue weighted by atomic mass is 9.99. The standard InChI is InChI=1S/C19H29N3O2.ClH/c1-4-13(2)17(20)18(23)21-16-10-8-15(9-11-16)19(24)22-12-6-5-7-14(22)3;/h8-11,13-14,17H,4-7,12,20H2,1-3H3,(H,21,23);1H. The lowest BCUT2D eigenvalue weighted by Crippen LogP contribution is -2.42. The Morgan fingerprint density at radius 1 is 1.28 bits per heavy atom. The molecule has 3 unspecified atom stereocenters. The molecule has 0 aromatic heterocycles. The van der Waals surface area contributed by atoms with Crippen LogP contribution in [0.3, 0.4) is 0 Å². The van der Waals surface area contributed by atoms with E-state index < -0.39 is 6.04 Å². The summed E-state index contributed by atoms with van der Waals surface area (Å²) < 4.78 is 0. The zero-order valence-electron chi connectivity index (χ0n) is 15.3. The van der Waals surface area contributed by atoms with Crippen LogP contribution in [0.4, 0.5) is 5.69 Å². The van der Waals surface area contributed by atoms with E-state index >= 15 is 0 Å².